The molecular weight excluding hydrogens is 300 g/mol. The van der Waals surface area contributed by atoms with Crippen molar-refractivity contribution in [3.05, 3.63) is 64.7 Å². The molecule has 0 heterocycles. The summed E-state index contributed by atoms with van der Waals surface area (Å²) in [6.45, 7) is 0.0514. The summed E-state index contributed by atoms with van der Waals surface area (Å²) in [4.78, 5) is 11.6. The van der Waals surface area contributed by atoms with Crippen molar-refractivity contribution in [1.82, 2.24) is 5.32 Å². The number of carbonyl (C=O) groups is 1. The molecule has 0 aliphatic heterocycles. The summed E-state index contributed by atoms with van der Waals surface area (Å²) in [5.74, 6) is -2.26. The Bertz CT molecular complexity index is 632. The number of hydrogen-bond acceptors (Lipinski definition) is 2. The summed E-state index contributed by atoms with van der Waals surface area (Å²) in [5.41, 5.74) is 0.889. The molecule has 0 aromatic heterocycles. The minimum absolute atomic E-state index is 0.0931. The Hall–Kier alpha value is -2.14. The van der Waals surface area contributed by atoms with E-state index in [0.717, 1.165) is 17.7 Å². The summed E-state index contributed by atoms with van der Waals surface area (Å²) in [6, 6.07) is 10.1. The maximum Gasteiger partial charge on any atom is 0.258 e. The van der Waals surface area contributed by atoms with Crippen molar-refractivity contribution in [2.24, 2.45) is 0 Å². The first-order chi connectivity index (χ1) is 10.0. The fourth-order valence-corrected chi connectivity index (χ4v) is 1.70. The van der Waals surface area contributed by atoms with Crippen LogP contribution in [-0.2, 0) is 11.3 Å². The monoisotopic (exact) mass is 311 g/mol. The SMILES string of the molecule is O=C(COc1ccc(F)c(F)c1)NCc1ccc(Cl)cc1. The largest absolute Gasteiger partial charge is 0.484 e. The highest BCUT2D eigenvalue weighted by Crippen LogP contribution is 2.15. The molecule has 0 aliphatic rings. The van der Waals surface area contributed by atoms with Gasteiger partial charge in [0.2, 0.25) is 0 Å². The van der Waals surface area contributed by atoms with Crippen molar-refractivity contribution in [3.63, 3.8) is 0 Å². The molecule has 110 valence electrons. The van der Waals surface area contributed by atoms with Crippen molar-refractivity contribution >= 4 is 17.5 Å². The van der Waals surface area contributed by atoms with E-state index in [1.165, 1.54) is 6.07 Å². The highest BCUT2D eigenvalue weighted by atomic mass is 35.5. The molecule has 2 aromatic carbocycles. The van der Waals surface area contributed by atoms with Crippen molar-refractivity contribution < 1.29 is 18.3 Å². The van der Waals surface area contributed by atoms with Gasteiger partial charge >= 0.3 is 0 Å². The van der Waals surface area contributed by atoms with E-state index in [0.29, 0.717) is 11.6 Å². The van der Waals surface area contributed by atoms with Crippen molar-refractivity contribution in [1.29, 1.82) is 0 Å². The third-order valence-corrected chi connectivity index (χ3v) is 2.92. The number of ether oxygens (including phenoxy) is 1. The molecule has 1 N–H and O–H groups in total. The number of carbonyl (C=O) groups excluding carboxylic acids is 1. The molecule has 0 saturated carbocycles. The zero-order chi connectivity index (χ0) is 15.2. The van der Waals surface area contributed by atoms with Gasteiger partial charge in [0.25, 0.3) is 5.91 Å². The van der Waals surface area contributed by atoms with Gasteiger partial charge in [0.1, 0.15) is 5.75 Å². The molecule has 0 fully saturated rings. The molecule has 2 rings (SSSR count). The van der Waals surface area contributed by atoms with E-state index in [9.17, 15) is 13.6 Å². The Morgan fingerprint density at radius 1 is 1.10 bits per heavy atom. The minimum atomic E-state index is -1.02. The van der Waals surface area contributed by atoms with Crippen LogP contribution in [0, 0.1) is 11.6 Å². The first-order valence-electron chi connectivity index (χ1n) is 6.13. The molecule has 21 heavy (non-hydrogen) atoms. The molecule has 0 bridgehead atoms. The third kappa shape index (κ3) is 4.72. The van der Waals surface area contributed by atoms with E-state index >= 15 is 0 Å². The Morgan fingerprint density at radius 3 is 2.48 bits per heavy atom. The van der Waals surface area contributed by atoms with Gasteiger partial charge in [-0.3, -0.25) is 4.79 Å². The van der Waals surface area contributed by atoms with Crippen LogP contribution >= 0.6 is 11.6 Å². The van der Waals surface area contributed by atoms with Crippen molar-refractivity contribution in [2.75, 3.05) is 6.61 Å². The van der Waals surface area contributed by atoms with Crippen LogP contribution in [-0.4, -0.2) is 12.5 Å². The van der Waals surface area contributed by atoms with Crippen LogP contribution in [0.5, 0.6) is 5.75 Å². The van der Waals surface area contributed by atoms with Crippen molar-refractivity contribution in [2.45, 2.75) is 6.54 Å². The molecule has 0 unspecified atom stereocenters. The molecule has 3 nitrogen and oxygen atoms in total. The molecule has 0 spiro atoms. The second-order valence-electron chi connectivity index (χ2n) is 4.27. The van der Waals surface area contributed by atoms with Gasteiger partial charge in [-0.1, -0.05) is 23.7 Å². The first kappa shape index (κ1) is 15.3. The van der Waals surface area contributed by atoms with E-state index < -0.39 is 11.6 Å². The Labute approximate surface area is 125 Å². The van der Waals surface area contributed by atoms with Gasteiger partial charge in [-0.05, 0) is 29.8 Å². The molecule has 1 amide bonds. The van der Waals surface area contributed by atoms with E-state index in [2.05, 4.69) is 5.32 Å². The summed E-state index contributed by atoms with van der Waals surface area (Å²) in [5, 5.41) is 3.26. The third-order valence-electron chi connectivity index (χ3n) is 2.66. The van der Waals surface area contributed by atoms with E-state index in [1.807, 2.05) is 0 Å². The predicted octanol–water partition coefficient (Wildman–Crippen LogP) is 3.31. The molecular formula is C15H12ClF2NO2. The summed E-state index contributed by atoms with van der Waals surface area (Å²) in [7, 11) is 0. The average Bonchev–Trinajstić information content (AvgIpc) is 2.48. The zero-order valence-electron chi connectivity index (χ0n) is 10.9. The van der Waals surface area contributed by atoms with Gasteiger partial charge in [-0.25, -0.2) is 8.78 Å². The number of hydrogen-bond donors (Lipinski definition) is 1. The highest BCUT2D eigenvalue weighted by Gasteiger charge is 2.06. The lowest BCUT2D eigenvalue weighted by Gasteiger charge is -2.08. The lowest BCUT2D eigenvalue weighted by atomic mass is 10.2. The van der Waals surface area contributed by atoms with Gasteiger partial charge in [0, 0.05) is 17.6 Å². The highest BCUT2D eigenvalue weighted by molar-refractivity contribution is 6.30. The van der Waals surface area contributed by atoms with E-state index in [1.54, 1.807) is 24.3 Å². The fraction of sp³-hybridized carbons (Fsp3) is 0.133. The van der Waals surface area contributed by atoms with Crippen LogP contribution < -0.4 is 10.1 Å². The van der Waals surface area contributed by atoms with Crippen molar-refractivity contribution in [3.8, 4) is 5.75 Å². The Balaban J connectivity index is 1.79. The van der Waals surface area contributed by atoms with Gasteiger partial charge in [0.05, 0.1) is 0 Å². The second kappa shape index (κ2) is 7.04. The molecule has 2 aromatic rings. The lowest BCUT2D eigenvalue weighted by Crippen LogP contribution is -2.28. The van der Waals surface area contributed by atoms with E-state index in [4.69, 9.17) is 16.3 Å². The Morgan fingerprint density at radius 2 is 1.81 bits per heavy atom. The predicted molar refractivity (Wildman–Crippen MR) is 75.2 cm³/mol. The Kier molecular flexibility index (Phi) is 5.11. The average molecular weight is 312 g/mol. The second-order valence-corrected chi connectivity index (χ2v) is 4.70. The number of rotatable bonds is 5. The lowest BCUT2D eigenvalue weighted by molar-refractivity contribution is -0.123. The smallest absolute Gasteiger partial charge is 0.258 e. The first-order valence-corrected chi connectivity index (χ1v) is 6.51. The topological polar surface area (TPSA) is 38.3 Å². The van der Waals surface area contributed by atoms with Crippen LogP contribution in [0.3, 0.4) is 0 Å². The summed E-state index contributed by atoms with van der Waals surface area (Å²) >= 11 is 5.75. The van der Waals surface area contributed by atoms with Crippen LogP contribution in [0.1, 0.15) is 5.56 Å². The number of halogens is 3. The van der Waals surface area contributed by atoms with Gasteiger partial charge in [-0.2, -0.15) is 0 Å². The van der Waals surface area contributed by atoms with Crippen LogP contribution in [0.15, 0.2) is 42.5 Å². The molecule has 0 radical (unpaired) electrons. The van der Waals surface area contributed by atoms with Gasteiger partial charge < -0.3 is 10.1 Å². The molecule has 0 atom stereocenters. The minimum Gasteiger partial charge on any atom is -0.484 e. The zero-order valence-corrected chi connectivity index (χ0v) is 11.7. The summed E-state index contributed by atoms with van der Waals surface area (Å²) < 4.78 is 30.7. The maximum absolute atomic E-state index is 12.9. The maximum atomic E-state index is 12.9. The van der Waals surface area contributed by atoms with Gasteiger partial charge in [0.15, 0.2) is 18.2 Å². The summed E-state index contributed by atoms with van der Waals surface area (Å²) in [6.07, 6.45) is 0. The molecule has 0 aliphatic carbocycles. The normalized spacial score (nSPS) is 10.2. The van der Waals surface area contributed by atoms with E-state index in [-0.39, 0.29) is 18.3 Å². The van der Waals surface area contributed by atoms with Crippen LogP contribution in [0.2, 0.25) is 5.02 Å². The standard InChI is InChI=1S/C15H12ClF2NO2/c16-11-3-1-10(2-4-11)8-19-15(20)9-21-12-5-6-13(17)14(18)7-12/h1-7H,8-9H2,(H,19,20). The fourth-order valence-electron chi connectivity index (χ4n) is 1.57. The number of benzene rings is 2. The van der Waals surface area contributed by atoms with Gasteiger partial charge in [-0.15, -0.1) is 0 Å². The number of amides is 1. The van der Waals surface area contributed by atoms with Crippen LogP contribution in [0.25, 0.3) is 0 Å². The molecule has 6 heteroatoms. The quantitative estimate of drug-likeness (QED) is 0.920. The van der Waals surface area contributed by atoms with Crippen LogP contribution in [0.4, 0.5) is 8.78 Å². The number of nitrogens with one attached hydrogen (secondary N) is 1. The molecule has 0 saturated heterocycles.